The van der Waals surface area contributed by atoms with Gasteiger partial charge in [-0.25, -0.2) is 0 Å². The van der Waals surface area contributed by atoms with Crippen molar-refractivity contribution in [3.8, 4) is 0 Å². The molecule has 54 valence electrons. The minimum atomic E-state index is 0.764. The van der Waals surface area contributed by atoms with Gasteiger partial charge in [0, 0.05) is 6.04 Å². The predicted octanol–water partition coefficient (Wildman–Crippen LogP) is 0.348. The van der Waals surface area contributed by atoms with Crippen molar-refractivity contribution in [3.63, 3.8) is 0 Å². The van der Waals surface area contributed by atoms with E-state index in [1.54, 1.807) is 0 Å². The van der Waals surface area contributed by atoms with Crippen LogP contribution in [0.25, 0.3) is 0 Å². The van der Waals surface area contributed by atoms with Gasteiger partial charge in [0.15, 0.2) is 0 Å². The van der Waals surface area contributed by atoms with E-state index >= 15 is 0 Å². The van der Waals surface area contributed by atoms with Gasteiger partial charge in [0.1, 0.15) is 0 Å². The van der Waals surface area contributed by atoms with Crippen LogP contribution in [0.15, 0.2) is 0 Å². The second kappa shape index (κ2) is 3.85. The van der Waals surface area contributed by atoms with Gasteiger partial charge in [-0.15, -0.1) is 0 Å². The van der Waals surface area contributed by atoms with Crippen LogP contribution in [0.3, 0.4) is 0 Å². The van der Waals surface area contributed by atoms with Crippen LogP contribution in [0.1, 0.15) is 19.3 Å². The SMILES string of the molecule is CN[C@H]1CCCNCC1. The van der Waals surface area contributed by atoms with Gasteiger partial charge in [-0.3, -0.25) is 0 Å². The summed E-state index contributed by atoms with van der Waals surface area (Å²) in [5.41, 5.74) is 0. The molecule has 0 amide bonds. The van der Waals surface area contributed by atoms with Gasteiger partial charge in [0.25, 0.3) is 0 Å². The molecule has 0 aromatic heterocycles. The third-order valence-corrected chi connectivity index (χ3v) is 1.98. The van der Waals surface area contributed by atoms with E-state index in [1.165, 1.54) is 32.4 Å². The van der Waals surface area contributed by atoms with Gasteiger partial charge < -0.3 is 10.6 Å². The minimum absolute atomic E-state index is 0.764. The summed E-state index contributed by atoms with van der Waals surface area (Å²) in [5, 5.41) is 6.68. The molecular formula is C7H16N2. The van der Waals surface area contributed by atoms with Crippen LogP contribution in [0.5, 0.6) is 0 Å². The van der Waals surface area contributed by atoms with E-state index in [2.05, 4.69) is 17.7 Å². The molecule has 2 heteroatoms. The fraction of sp³-hybridized carbons (Fsp3) is 1.00. The lowest BCUT2D eigenvalue weighted by atomic mass is 10.1. The van der Waals surface area contributed by atoms with Crippen molar-refractivity contribution in [2.45, 2.75) is 25.3 Å². The van der Waals surface area contributed by atoms with E-state index in [4.69, 9.17) is 0 Å². The Labute approximate surface area is 57.0 Å². The second-order valence-corrected chi connectivity index (χ2v) is 2.67. The highest BCUT2D eigenvalue weighted by atomic mass is 14.9. The molecule has 0 unspecified atom stereocenters. The Balaban J connectivity index is 2.18. The molecule has 0 bridgehead atoms. The molecule has 1 aliphatic heterocycles. The van der Waals surface area contributed by atoms with Crippen LogP contribution in [0.4, 0.5) is 0 Å². The molecule has 0 spiro atoms. The lowest BCUT2D eigenvalue weighted by Crippen LogP contribution is -2.25. The van der Waals surface area contributed by atoms with Crippen LogP contribution in [0.2, 0.25) is 0 Å². The van der Waals surface area contributed by atoms with Crippen molar-refractivity contribution in [3.05, 3.63) is 0 Å². The fourth-order valence-corrected chi connectivity index (χ4v) is 1.31. The lowest BCUT2D eigenvalue weighted by molar-refractivity contribution is 0.511. The minimum Gasteiger partial charge on any atom is -0.317 e. The molecule has 1 heterocycles. The van der Waals surface area contributed by atoms with Crippen molar-refractivity contribution in [1.29, 1.82) is 0 Å². The van der Waals surface area contributed by atoms with Crippen molar-refractivity contribution in [2.24, 2.45) is 0 Å². The summed E-state index contributed by atoms with van der Waals surface area (Å²) in [6.07, 6.45) is 3.95. The van der Waals surface area contributed by atoms with Gasteiger partial charge in [-0.2, -0.15) is 0 Å². The van der Waals surface area contributed by atoms with Crippen LogP contribution in [0, 0.1) is 0 Å². The number of rotatable bonds is 1. The Morgan fingerprint density at radius 2 is 2.22 bits per heavy atom. The summed E-state index contributed by atoms with van der Waals surface area (Å²) in [6, 6.07) is 0.764. The van der Waals surface area contributed by atoms with Gasteiger partial charge >= 0.3 is 0 Å². The molecule has 2 N–H and O–H groups in total. The van der Waals surface area contributed by atoms with E-state index in [0.717, 1.165) is 6.04 Å². The first-order valence-electron chi connectivity index (χ1n) is 3.81. The molecule has 0 aromatic carbocycles. The monoisotopic (exact) mass is 128 g/mol. The van der Waals surface area contributed by atoms with Crippen molar-refractivity contribution < 1.29 is 0 Å². The molecule has 0 aromatic rings. The number of hydrogen-bond acceptors (Lipinski definition) is 2. The molecule has 1 rings (SSSR count). The van der Waals surface area contributed by atoms with Crippen molar-refractivity contribution in [2.75, 3.05) is 20.1 Å². The van der Waals surface area contributed by atoms with Crippen LogP contribution in [-0.2, 0) is 0 Å². The fourth-order valence-electron chi connectivity index (χ4n) is 1.31. The molecule has 0 saturated carbocycles. The van der Waals surface area contributed by atoms with E-state index in [9.17, 15) is 0 Å². The average Bonchev–Trinajstić information content (AvgIpc) is 2.13. The molecule has 2 nitrogen and oxygen atoms in total. The maximum absolute atomic E-state index is 3.37. The molecule has 1 aliphatic rings. The Morgan fingerprint density at radius 1 is 1.33 bits per heavy atom. The predicted molar refractivity (Wildman–Crippen MR) is 39.6 cm³/mol. The summed E-state index contributed by atoms with van der Waals surface area (Å²) in [6.45, 7) is 2.39. The van der Waals surface area contributed by atoms with E-state index in [-0.39, 0.29) is 0 Å². The smallest absolute Gasteiger partial charge is 0.00766 e. The zero-order valence-electron chi connectivity index (χ0n) is 6.11. The van der Waals surface area contributed by atoms with Crippen LogP contribution < -0.4 is 10.6 Å². The zero-order chi connectivity index (χ0) is 6.53. The summed E-state index contributed by atoms with van der Waals surface area (Å²) in [5.74, 6) is 0. The lowest BCUT2D eigenvalue weighted by Gasteiger charge is -2.10. The summed E-state index contributed by atoms with van der Waals surface area (Å²) < 4.78 is 0. The second-order valence-electron chi connectivity index (χ2n) is 2.67. The van der Waals surface area contributed by atoms with Crippen LogP contribution in [-0.4, -0.2) is 26.2 Å². The Morgan fingerprint density at radius 3 is 3.00 bits per heavy atom. The topological polar surface area (TPSA) is 24.1 Å². The molecular weight excluding hydrogens is 112 g/mol. The molecule has 1 saturated heterocycles. The molecule has 0 radical (unpaired) electrons. The highest BCUT2D eigenvalue weighted by Crippen LogP contribution is 2.02. The standard InChI is InChI=1S/C7H16N2/c1-8-7-3-2-5-9-6-4-7/h7-9H,2-6H2,1H3/t7-/m0/s1. The maximum Gasteiger partial charge on any atom is 0.00766 e. The molecule has 1 fully saturated rings. The van der Waals surface area contributed by atoms with Gasteiger partial charge in [-0.1, -0.05) is 0 Å². The van der Waals surface area contributed by atoms with Crippen LogP contribution >= 0.6 is 0 Å². The molecule has 9 heavy (non-hydrogen) atoms. The zero-order valence-corrected chi connectivity index (χ0v) is 6.11. The van der Waals surface area contributed by atoms with Gasteiger partial charge in [-0.05, 0) is 39.4 Å². The summed E-state index contributed by atoms with van der Waals surface area (Å²) >= 11 is 0. The normalized spacial score (nSPS) is 29.7. The van der Waals surface area contributed by atoms with Crippen molar-refractivity contribution >= 4 is 0 Å². The van der Waals surface area contributed by atoms with E-state index < -0.39 is 0 Å². The highest BCUT2D eigenvalue weighted by molar-refractivity contribution is 4.69. The van der Waals surface area contributed by atoms with Crippen molar-refractivity contribution in [1.82, 2.24) is 10.6 Å². The van der Waals surface area contributed by atoms with Gasteiger partial charge in [0.2, 0.25) is 0 Å². The first-order chi connectivity index (χ1) is 4.43. The molecule has 0 aliphatic carbocycles. The summed E-state index contributed by atoms with van der Waals surface area (Å²) in [7, 11) is 2.05. The Kier molecular flexibility index (Phi) is 3.01. The Bertz CT molecular complexity index is 65.3. The quantitative estimate of drug-likeness (QED) is 0.532. The summed E-state index contributed by atoms with van der Waals surface area (Å²) in [4.78, 5) is 0. The third-order valence-electron chi connectivity index (χ3n) is 1.98. The average molecular weight is 128 g/mol. The van der Waals surface area contributed by atoms with E-state index in [0.29, 0.717) is 0 Å². The first kappa shape index (κ1) is 7.03. The van der Waals surface area contributed by atoms with E-state index in [1.807, 2.05) is 0 Å². The number of hydrogen-bond donors (Lipinski definition) is 2. The Hall–Kier alpha value is -0.0800. The molecule has 1 atom stereocenters. The third kappa shape index (κ3) is 2.33. The first-order valence-corrected chi connectivity index (χ1v) is 3.81. The highest BCUT2D eigenvalue weighted by Gasteiger charge is 2.07. The number of nitrogens with one attached hydrogen (secondary N) is 2. The van der Waals surface area contributed by atoms with Gasteiger partial charge in [0.05, 0.1) is 0 Å². The maximum atomic E-state index is 3.37. The largest absolute Gasteiger partial charge is 0.317 e.